The van der Waals surface area contributed by atoms with Crippen LogP contribution in [-0.4, -0.2) is 56.5 Å². The molecule has 1 aliphatic heterocycles. The van der Waals surface area contributed by atoms with Crippen LogP contribution in [0.25, 0.3) is 0 Å². The largest absolute Gasteiger partial charge is 0.494 e. The molecule has 0 radical (unpaired) electrons. The van der Waals surface area contributed by atoms with Gasteiger partial charge in [0.05, 0.1) is 32.6 Å². The molecular weight excluding hydrogens is 270 g/mol. The summed E-state index contributed by atoms with van der Waals surface area (Å²) in [6.07, 6.45) is 1.62. The number of hydrazone groups is 1. The van der Waals surface area contributed by atoms with Crippen LogP contribution < -0.4 is 10.2 Å². The maximum Gasteiger partial charge on any atom is 0.254 e. The molecule has 0 saturated carbocycles. The fourth-order valence-corrected chi connectivity index (χ4v) is 1.99. The second-order valence-electron chi connectivity index (χ2n) is 4.68. The van der Waals surface area contributed by atoms with Crippen LogP contribution in [0.5, 0.6) is 5.75 Å². The average molecular weight is 291 g/mol. The van der Waals surface area contributed by atoms with Crippen molar-refractivity contribution in [3.63, 3.8) is 0 Å². The van der Waals surface area contributed by atoms with E-state index in [-0.39, 0.29) is 5.91 Å². The van der Waals surface area contributed by atoms with Gasteiger partial charge >= 0.3 is 0 Å². The Labute approximate surface area is 124 Å². The number of hydrogen-bond donors (Lipinski definition) is 1. The fourth-order valence-electron chi connectivity index (χ4n) is 1.99. The standard InChI is InChI=1S/C15H21N3O3/c1-2-21-14-5-3-13(4-6-14)11-16-17-15(19)12-18-7-9-20-10-8-18/h3-6,11H,2,7-10,12H2,1H3,(H,17,19). The molecule has 1 saturated heterocycles. The molecule has 1 amide bonds. The van der Waals surface area contributed by atoms with E-state index in [9.17, 15) is 4.79 Å². The summed E-state index contributed by atoms with van der Waals surface area (Å²) in [6.45, 7) is 5.88. The van der Waals surface area contributed by atoms with Crippen molar-refractivity contribution in [1.29, 1.82) is 0 Å². The normalized spacial score (nSPS) is 16.0. The monoisotopic (exact) mass is 291 g/mol. The lowest BCUT2D eigenvalue weighted by molar-refractivity contribution is -0.123. The van der Waals surface area contributed by atoms with E-state index in [0.29, 0.717) is 26.4 Å². The Morgan fingerprint density at radius 3 is 2.76 bits per heavy atom. The Hall–Kier alpha value is -1.92. The third-order valence-electron chi connectivity index (χ3n) is 3.06. The minimum Gasteiger partial charge on any atom is -0.494 e. The Kier molecular flexibility index (Phi) is 6.18. The molecule has 1 N–H and O–H groups in total. The predicted molar refractivity (Wildman–Crippen MR) is 80.6 cm³/mol. The molecule has 0 aliphatic carbocycles. The average Bonchev–Trinajstić information content (AvgIpc) is 2.50. The molecule has 6 nitrogen and oxygen atoms in total. The molecule has 0 spiro atoms. The molecule has 0 atom stereocenters. The first kappa shape index (κ1) is 15.5. The summed E-state index contributed by atoms with van der Waals surface area (Å²) in [5, 5.41) is 3.96. The molecule has 1 aliphatic rings. The van der Waals surface area contributed by atoms with Crippen LogP contribution in [0.2, 0.25) is 0 Å². The molecule has 21 heavy (non-hydrogen) atoms. The number of hydrogen-bond acceptors (Lipinski definition) is 5. The van der Waals surface area contributed by atoms with Crippen LogP contribution in [0.4, 0.5) is 0 Å². The molecule has 114 valence electrons. The third-order valence-corrected chi connectivity index (χ3v) is 3.06. The van der Waals surface area contributed by atoms with Crippen LogP contribution in [0.1, 0.15) is 12.5 Å². The Bertz CT molecular complexity index is 468. The van der Waals surface area contributed by atoms with Crippen molar-refractivity contribution in [2.45, 2.75) is 6.92 Å². The number of ether oxygens (including phenoxy) is 2. The highest BCUT2D eigenvalue weighted by atomic mass is 16.5. The lowest BCUT2D eigenvalue weighted by Crippen LogP contribution is -2.42. The summed E-state index contributed by atoms with van der Waals surface area (Å²) in [5.74, 6) is 0.713. The van der Waals surface area contributed by atoms with Crippen molar-refractivity contribution in [3.05, 3.63) is 29.8 Å². The molecule has 0 aromatic heterocycles. The molecule has 0 unspecified atom stereocenters. The van der Waals surface area contributed by atoms with Gasteiger partial charge < -0.3 is 9.47 Å². The number of nitrogens with zero attached hydrogens (tertiary/aromatic N) is 2. The number of amides is 1. The highest BCUT2D eigenvalue weighted by Gasteiger charge is 2.13. The van der Waals surface area contributed by atoms with Crippen LogP contribution in [0, 0.1) is 0 Å². The third kappa shape index (κ3) is 5.53. The van der Waals surface area contributed by atoms with E-state index in [1.54, 1.807) is 6.21 Å². The topological polar surface area (TPSA) is 63.2 Å². The van der Waals surface area contributed by atoms with Crippen molar-refractivity contribution in [1.82, 2.24) is 10.3 Å². The highest BCUT2D eigenvalue weighted by Crippen LogP contribution is 2.10. The van der Waals surface area contributed by atoms with E-state index in [2.05, 4.69) is 10.5 Å². The first-order chi connectivity index (χ1) is 10.3. The van der Waals surface area contributed by atoms with Gasteiger partial charge in [0.25, 0.3) is 5.91 Å². The predicted octanol–water partition coefficient (Wildman–Crippen LogP) is 0.868. The minimum atomic E-state index is -0.112. The van der Waals surface area contributed by atoms with E-state index in [4.69, 9.17) is 9.47 Å². The Morgan fingerprint density at radius 1 is 1.38 bits per heavy atom. The summed E-state index contributed by atoms with van der Waals surface area (Å²) in [6, 6.07) is 7.53. The molecule has 1 aromatic carbocycles. The van der Waals surface area contributed by atoms with E-state index in [1.807, 2.05) is 36.1 Å². The Balaban J connectivity index is 1.74. The number of nitrogens with one attached hydrogen (secondary N) is 1. The van der Waals surface area contributed by atoms with Gasteiger partial charge in [-0.05, 0) is 36.8 Å². The molecule has 2 rings (SSSR count). The van der Waals surface area contributed by atoms with Gasteiger partial charge in [-0.1, -0.05) is 0 Å². The van der Waals surface area contributed by atoms with Gasteiger partial charge in [0.1, 0.15) is 5.75 Å². The zero-order valence-electron chi connectivity index (χ0n) is 12.2. The lowest BCUT2D eigenvalue weighted by atomic mass is 10.2. The van der Waals surface area contributed by atoms with Gasteiger partial charge in [0, 0.05) is 13.1 Å². The summed E-state index contributed by atoms with van der Waals surface area (Å²) < 4.78 is 10.6. The van der Waals surface area contributed by atoms with E-state index in [1.165, 1.54) is 0 Å². The van der Waals surface area contributed by atoms with Crippen molar-refractivity contribution in [2.24, 2.45) is 5.10 Å². The molecule has 0 bridgehead atoms. The number of benzene rings is 1. The van der Waals surface area contributed by atoms with Gasteiger partial charge in [-0.15, -0.1) is 0 Å². The summed E-state index contributed by atoms with van der Waals surface area (Å²) in [7, 11) is 0. The van der Waals surface area contributed by atoms with Gasteiger partial charge in [-0.25, -0.2) is 5.43 Å². The van der Waals surface area contributed by atoms with Crippen molar-refractivity contribution in [3.8, 4) is 5.75 Å². The number of morpholine rings is 1. The molecule has 1 fully saturated rings. The molecule has 1 heterocycles. The first-order valence-electron chi connectivity index (χ1n) is 7.13. The van der Waals surface area contributed by atoms with Crippen molar-refractivity contribution < 1.29 is 14.3 Å². The highest BCUT2D eigenvalue weighted by molar-refractivity contribution is 5.83. The second-order valence-corrected chi connectivity index (χ2v) is 4.68. The summed E-state index contributed by atoms with van der Waals surface area (Å²) in [4.78, 5) is 13.8. The maximum atomic E-state index is 11.7. The SMILES string of the molecule is CCOc1ccc(C=NNC(=O)CN2CCOCC2)cc1. The fraction of sp³-hybridized carbons (Fsp3) is 0.467. The second kappa shape index (κ2) is 8.39. The molecule has 1 aromatic rings. The van der Waals surface area contributed by atoms with E-state index >= 15 is 0 Å². The van der Waals surface area contributed by atoms with Crippen molar-refractivity contribution >= 4 is 12.1 Å². The smallest absolute Gasteiger partial charge is 0.254 e. The van der Waals surface area contributed by atoms with Crippen molar-refractivity contribution in [2.75, 3.05) is 39.5 Å². The summed E-state index contributed by atoms with van der Waals surface area (Å²) in [5.41, 5.74) is 3.44. The summed E-state index contributed by atoms with van der Waals surface area (Å²) >= 11 is 0. The van der Waals surface area contributed by atoms with Crippen LogP contribution >= 0.6 is 0 Å². The van der Waals surface area contributed by atoms with Gasteiger partial charge in [0.2, 0.25) is 0 Å². The zero-order chi connectivity index (χ0) is 14.9. The van der Waals surface area contributed by atoms with Crippen LogP contribution in [0.15, 0.2) is 29.4 Å². The number of carbonyl (C=O) groups is 1. The lowest BCUT2D eigenvalue weighted by Gasteiger charge is -2.25. The quantitative estimate of drug-likeness (QED) is 0.624. The van der Waals surface area contributed by atoms with Gasteiger partial charge in [-0.3, -0.25) is 9.69 Å². The van der Waals surface area contributed by atoms with Crippen LogP contribution in [0.3, 0.4) is 0 Å². The minimum absolute atomic E-state index is 0.112. The maximum absolute atomic E-state index is 11.7. The van der Waals surface area contributed by atoms with E-state index < -0.39 is 0 Å². The van der Waals surface area contributed by atoms with Gasteiger partial charge in [0.15, 0.2) is 0 Å². The molecular formula is C15H21N3O3. The van der Waals surface area contributed by atoms with Gasteiger partial charge in [-0.2, -0.15) is 5.10 Å². The van der Waals surface area contributed by atoms with E-state index in [0.717, 1.165) is 24.4 Å². The zero-order valence-corrected chi connectivity index (χ0v) is 12.2. The molecule has 6 heteroatoms. The van der Waals surface area contributed by atoms with Crippen LogP contribution in [-0.2, 0) is 9.53 Å². The number of rotatable bonds is 6. The Morgan fingerprint density at radius 2 is 2.10 bits per heavy atom. The number of carbonyl (C=O) groups excluding carboxylic acids is 1. The first-order valence-corrected chi connectivity index (χ1v) is 7.13.